The van der Waals surface area contributed by atoms with Crippen LogP contribution in [-0.4, -0.2) is 100 Å². The molecule has 7 atom stereocenters. The normalized spacial score (nSPS) is 17.7. The number of hydrogen-bond donors (Lipinski definition) is 6. The Balaban J connectivity index is 1.86. The first kappa shape index (κ1) is 90.1. The number of esters is 1. The number of carbonyl (C=O) groups excluding carboxylic acids is 2. The standard InChI is InChI=1S/C84H153NO10/c1-3-5-7-9-11-13-15-16-17-18-43-46-49-52-56-60-64-68-72-80(89)93-73-69-65-61-57-53-50-47-44-41-39-37-35-33-31-29-27-25-23-21-19-20-22-24-26-28-30-32-34-36-38-40-42-45-48-51-55-59-63-67-71-79(88)85-76(75-94-84-83(92)82(91)81(90)78(74-86)95-84)77(87)70-66-62-58-54-14-12-10-8-6-4-2/h6,8,14,17-20,23,25,54,66,70,76-78,81-84,86-87,90-92H,3-5,7,9-13,15-16,21-22,24,26-53,55-65,67-69,71-75H2,1-2H3,(H,85,88)/b8-6+,18-17-,20-19-,25-23-,54-14+,70-66+. The number of aliphatic hydroxyl groups is 5. The van der Waals surface area contributed by atoms with Gasteiger partial charge in [-0.3, -0.25) is 9.59 Å². The molecule has 95 heavy (non-hydrogen) atoms. The highest BCUT2D eigenvalue weighted by atomic mass is 16.7. The van der Waals surface area contributed by atoms with Gasteiger partial charge in [0.05, 0.1) is 32.0 Å². The highest BCUT2D eigenvalue weighted by Gasteiger charge is 2.44. The lowest BCUT2D eigenvalue weighted by Crippen LogP contribution is -2.60. The van der Waals surface area contributed by atoms with Gasteiger partial charge in [-0.05, 0) is 109 Å². The molecule has 554 valence electrons. The number of unbranched alkanes of at least 4 members (excludes halogenated alkanes) is 48. The molecule has 0 aliphatic carbocycles. The SMILES string of the molecule is CC/C=C/CC/C=C/CC/C=C/C(O)C(COC1OC(CO)C(O)C(O)C1O)NC(=O)CCCCCCCCCCCCCCCCCCC/C=C\C/C=C\CCCCCCCCCCCCCCCCCOC(=O)CCCCCCCCC/C=C\CCCCCCCCC. The van der Waals surface area contributed by atoms with Crippen molar-refractivity contribution >= 4 is 11.9 Å². The highest BCUT2D eigenvalue weighted by Crippen LogP contribution is 2.24. The van der Waals surface area contributed by atoms with E-state index >= 15 is 0 Å². The van der Waals surface area contributed by atoms with Crippen molar-refractivity contribution in [2.24, 2.45) is 0 Å². The third-order valence-corrected chi connectivity index (χ3v) is 19.0. The first-order valence-electron chi connectivity index (χ1n) is 40.7. The summed E-state index contributed by atoms with van der Waals surface area (Å²) in [5, 5.41) is 54.3. The van der Waals surface area contributed by atoms with Crippen molar-refractivity contribution in [3.63, 3.8) is 0 Å². The van der Waals surface area contributed by atoms with Crippen LogP contribution in [0.15, 0.2) is 72.9 Å². The summed E-state index contributed by atoms with van der Waals surface area (Å²) in [5.74, 6) is -0.183. The van der Waals surface area contributed by atoms with E-state index in [4.69, 9.17) is 14.2 Å². The minimum absolute atomic E-state index is 0.0115. The number of nitrogens with one attached hydrogen (secondary N) is 1. The Bertz CT molecular complexity index is 1810. The second-order valence-electron chi connectivity index (χ2n) is 28.1. The zero-order chi connectivity index (χ0) is 68.6. The monoisotopic (exact) mass is 1340 g/mol. The maximum atomic E-state index is 13.0. The van der Waals surface area contributed by atoms with Gasteiger partial charge >= 0.3 is 5.97 Å². The topological polar surface area (TPSA) is 175 Å². The lowest BCUT2D eigenvalue weighted by atomic mass is 9.99. The fraction of sp³-hybridized carbons (Fsp3) is 0.833. The van der Waals surface area contributed by atoms with Gasteiger partial charge in [-0.25, -0.2) is 0 Å². The molecule has 6 N–H and O–H groups in total. The summed E-state index contributed by atoms with van der Waals surface area (Å²) in [6.45, 7) is 4.23. The van der Waals surface area contributed by atoms with E-state index in [0.717, 1.165) is 77.0 Å². The Morgan fingerprint density at radius 3 is 1.16 bits per heavy atom. The predicted molar refractivity (Wildman–Crippen MR) is 403 cm³/mol. The maximum absolute atomic E-state index is 13.0. The summed E-state index contributed by atoms with van der Waals surface area (Å²) in [7, 11) is 0. The zero-order valence-electron chi connectivity index (χ0n) is 61.9. The molecule has 1 saturated heterocycles. The molecule has 0 bridgehead atoms. The van der Waals surface area contributed by atoms with Crippen molar-refractivity contribution in [1.29, 1.82) is 0 Å². The van der Waals surface area contributed by atoms with Crippen molar-refractivity contribution in [3.8, 4) is 0 Å². The number of aliphatic hydroxyl groups excluding tert-OH is 5. The molecule has 1 rings (SSSR count). The maximum Gasteiger partial charge on any atom is 0.305 e. The van der Waals surface area contributed by atoms with E-state index in [1.807, 2.05) is 6.08 Å². The lowest BCUT2D eigenvalue weighted by molar-refractivity contribution is -0.302. The lowest BCUT2D eigenvalue weighted by Gasteiger charge is -2.40. The van der Waals surface area contributed by atoms with Gasteiger partial charge in [-0.1, -0.05) is 337 Å². The van der Waals surface area contributed by atoms with Crippen molar-refractivity contribution in [2.45, 2.75) is 429 Å². The number of hydrogen-bond acceptors (Lipinski definition) is 10. The molecule has 7 unspecified atom stereocenters. The smallest absolute Gasteiger partial charge is 0.305 e. The average molecular weight is 1340 g/mol. The molecule has 1 fully saturated rings. The Morgan fingerprint density at radius 2 is 0.747 bits per heavy atom. The van der Waals surface area contributed by atoms with Crippen LogP contribution in [-0.2, 0) is 23.8 Å². The first-order valence-corrected chi connectivity index (χ1v) is 40.7. The molecule has 11 heteroatoms. The minimum atomic E-state index is -1.58. The van der Waals surface area contributed by atoms with Crippen LogP contribution in [0.3, 0.4) is 0 Å². The fourth-order valence-electron chi connectivity index (χ4n) is 12.7. The molecule has 0 radical (unpaired) electrons. The first-order chi connectivity index (χ1) is 46.7. The molecule has 0 aromatic rings. The van der Waals surface area contributed by atoms with Crippen LogP contribution < -0.4 is 5.32 Å². The molecule has 0 aromatic heterocycles. The van der Waals surface area contributed by atoms with Gasteiger partial charge in [-0.15, -0.1) is 0 Å². The van der Waals surface area contributed by atoms with Crippen LogP contribution in [0.5, 0.6) is 0 Å². The van der Waals surface area contributed by atoms with Crippen LogP contribution in [0.1, 0.15) is 386 Å². The zero-order valence-corrected chi connectivity index (χ0v) is 61.9. The third-order valence-electron chi connectivity index (χ3n) is 19.0. The Labute approximate surface area is 585 Å². The number of carbonyl (C=O) groups is 2. The molecular formula is C84H153NO10. The Hall–Kier alpha value is -2.90. The van der Waals surface area contributed by atoms with E-state index < -0.39 is 49.5 Å². The Kier molecular flexibility index (Phi) is 68.6. The van der Waals surface area contributed by atoms with Gasteiger partial charge in [0.25, 0.3) is 0 Å². The van der Waals surface area contributed by atoms with E-state index in [-0.39, 0.29) is 18.5 Å². The van der Waals surface area contributed by atoms with E-state index in [1.54, 1.807) is 6.08 Å². The van der Waals surface area contributed by atoms with Crippen LogP contribution in [0.25, 0.3) is 0 Å². The van der Waals surface area contributed by atoms with E-state index in [2.05, 4.69) is 79.9 Å². The molecule has 0 aromatic carbocycles. The van der Waals surface area contributed by atoms with Crippen LogP contribution in [0.4, 0.5) is 0 Å². The number of allylic oxidation sites excluding steroid dienone is 11. The fourth-order valence-corrected chi connectivity index (χ4v) is 12.7. The van der Waals surface area contributed by atoms with Crippen molar-refractivity contribution in [2.75, 3.05) is 19.8 Å². The largest absolute Gasteiger partial charge is 0.466 e. The molecule has 1 aliphatic rings. The number of ether oxygens (including phenoxy) is 3. The van der Waals surface area contributed by atoms with Crippen molar-refractivity contribution in [3.05, 3.63) is 72.9 Å². The number of rotatable bonds is 72. The summed E-state index contributed by atoms with van der Waals surface area (Å²) < 4.78 is 16.7. The molecule has 11 nitrogen and oxygen atoms in total. The van der Waals surface area contributed by atoms with Gasteiger partial charge in [0, 0.05) is 12.8 Å². The van der Waals surface area contributed by atoms with E-state index in [1.165, 1.54) is 283 Å². The molecule has 0 saturated carbocycles. The van der Waals surface area contributed by atoms with Crippen LogP contribution in [0.2, 0.25) is 0 Å². The van der Waals surface area contributed by atoms with Gasteiger partial charge < -0.3 is 45.1 Å². The van der Waals surface area contributed by atoms with Gasteiger partial charge in [0.1, 0.15) is 24.4 Å². The van der Waals surface area contributed by atoms with E-state index in [9.17, 15) is 35.1 Å². The summed E-state index contributed by atoms with van der Waals surface area (Å²) in [6.07, 6.45) is 89.7. The minimum Gasteiger partial charge on any atom is -0.466 e. The van der Waals surface area contributed by atoms with Crippen molar-refractivity contribution in [1.82, 2.24) is 5.32 Å². The molecular weight excluding hydrogens is 1180 g/mol. The Morgan fingerprint density at radius 1 is 0.400 bits per heavy atom. The van der Waals surface area contributed by atoms with Crippen molar-refractivity contribution < 1.29 is 49.3 Å². The second kappa shape index (κ2) is 72.4. The summed E-state index contributed by atoms with van der Waals surface area (Å²) in [6, 6.07) is -0.833. The predicted octanol–water partition coefficient (Wildman–Crippen LogP) is 22.2. The highest BCUT2D eigenvalue weighted by molar-refractivity contribution is 5.76. The van der Waals surface area contributed by atoms with Crippen LogP contribution in [0, 0.1) is 0 Å². The molecule has 0 spiro atoms. The molecule has 1 heterocycles. The number of amides is 1. The quantitative estimate of drug-likeness (QED) is 0.0195. The van der Waals surface area contributed by atoms with Crippen LogP contribution >= 0.6 is 0 Å². The average Bonchev–Trinajstić information content (AvgIpc) is 0.872. The van der Waals surface area contributed by atoms with Gasteiger partial charge in [0.15, 0.2) is 6.29 Å². The third kappa shape index (κ3) is 60.8. The van der Waals surface area contributed by atoms with Gasteiger partial charge in [-0.2, -0.15) is 0 Å². The summed E-state index contributed by atoms with van der Waals surface area (Å²) in [4.78, 5) is 25.2. The van der Waals surface area contributed by atoms with E-state index in [0.29, 0.717) is 19.4 Å². The summed E-state index contributed by atoms with van der Waals surface area (Å²) in [5.41, 5.74) is 0. The van der Waals surface area contributed by atoms with Gasteiger partial charge in [0.2, 0.25) is 5.91 Å². The second-order valence-corrected chi connectivity index (χ2v) is 28.1. The summed E-state index contributed by atoms with van der Waals surface area (Å²) >= 11 is 0. The molecule has 1 amide bonds. The molecule has 1 aliphatic heterocycles.